The van der Waals surface area contributed by atoms with Gasteiger partial charge in [-0.25, -0.2) is 0 Å². The number of nitrogens with two attached hydrogens (primary N) is 1. The monoisotopic (exact) mass is 345 g/mol. The van der Waals surface area contributed by atoms with Crippen molar-refractivity contribution in [3.8, 4) is 28.0 Å². The molecule has 2 heteroatoms. The van der Waals surface area contributed by atoms with Gasteiger partial charge in [0.15, 0.2) is 0 Å². The van der Waals surface area contributed by atoms with E-state index in [9.17, 15) is 0 Å². The van der Waals surface area contributed by atoms with Gasteiger partial charge in [-0.3, -0.25) is 0 Å². The highest BCUT2D eigenvalue weighted by molar-refractivity contribution is 5.70. The number of hydrogen-bond donors (Lipinski definition) is 1. The van der Waals surface area contributed by atoms with Gasteiger partial charge in [-0.1, -0.05) is 79.6 Å². The van der Waals surface area contributed by atoms with Gasteiger partial charge in [0.05, 0.1) is 6.61 Å². The highest BCUT2D eigenvalue weighted by Gasteiger charge is 2.01. The Morgan fingerprint density at radius 2 is 1.04 bits per heavy atom. The number of hydrogen-bond acceptors (Lipinski definition) is 2. The lowest BCUT2D eigenvalue weighted by Gasteiger charge is -2.08. The highest BCUT2D eigenvalue weighted by Crippen LogP contribution is 2.26. The lowest BCUT2D eigenvalue weighted by atomic mass is 10.0. The second-order valence-electron chi connectivity index (χ2n) is 6.52. The number of ether oxygens (including phenoxy) is 1. The fourth-order valence-electron chi connectivity index (χ4n) is 3.02. The van der Waals surface area contributed by atoms with Crippen LogP contribution in [0.25, 0.3) is 22.3 Å². The van der Waals surface area contributed by atoms with Crippen LogP contribution < -0.4 is 10.5 Å². The maximum atomic E-state index is 5.82. The molecule has 3 aromatic carbocycles. The van der Waals surface area contributed by atoms with Gasteiger partial charge in [0, 0.05) is 0 Å². The first-order valence-corrected chi connectivity index (χ1v) is 9.45. The number of benzene rings is 3. The van der Waals surface area contributed by atoms with Crippen LogP contribution in [0.3, 0.4) is 0 Å². The van der Waals surface area contributed by atoms with E-state index in [-0.39, 0.29) is 0 Å². The van der Waals surface area contributed by atoms with Crippen LogP contribution in [0, 0.1) is 0 Å². The molecule has 26 heavy (non-hydrogen) atoms. The van der Waals surface area contributed by atoms with Crippen molar-refractivity contribution in [3.05, 3.63) is 78.9 Å². The molecule has 0 atom stereocenters. The summed E-state index contributed by atoms with van der Waals surface area (Å²) in [6, 6.07) is 27.5. The molecular weight excluding hydrogens is 318 g/mol. The minimum absolute atomic E-state index is 0.774. The molecule has 0 fully saturated rings. The molecule has 0 aromatic heterocycles. The van der Waals surface area contributed by atoms with E-state index in [1.807, 2.05) is 6.07 Å². The summed E-state index contributed by atoms with van der Waals surface area (Å²) in [5.41, 5.74) is 10.4. The Balaban J connectivity index is 1.55. The molecule has 0 radical (unpaired) electrons. The van der Waals surface area contributed by atoms with Gasteiger partial charge in [0.1, 0.15) is 5.75 Å². The maximum absolute atomic E-state index is 5.82. The highest BCUT2D eigenvalue weighted by atomic mass is 16.5. The van der Waals surface area contributed by atoms with Gasteiger partial charge < -0.3 is 10.5 Å². The third kappa shape index (κ3) is 5.21. The minimum Gasteiger partial charge on any atom is -0.494 e. The van der Waals surface area contributed by atoms with Crippen LogP contribution in [0.4, 0.5) is 0 Å². The Hall–Kier alpha value is -2.58. The summed E-state index contributed by atoms with van der Waals surface area (Å²) in [4.78, 5) is 0. The smallest absolute Gasteiger partial charge is 0.119 e. The zero-order valence-corrected chi connectivity index (χ0v) is 15.2. The quantitative estimate of drug-likeness (QED) is 0.489. The SMILES string of the molecule is NCCCCCCOc1ccc(-c2ccc(-c3ccccc3)cc2)cc1. The molecule has 0 aliphatic carbocycles. The molecule has 0 saturated heterocycles. The fraction of sp³-hybridized carbons (Fsp3) is 0.250. The van der Waals surface area contributed by atoms with Crippen molar-refractivity contribution >= 4 is 0 Å². The zero-order chi connectivity index (χ0) is 18.0. The number of unbranched alkanes of at least 4 members (excludes halogenated alkanes) is 3. The van der Waals surface area contributed by atoms with Gasteiger partial charge in [-0.15, -0.1) is 0 Å². The van der Waals surface area contributed by atoms with Crippen LogP contribution >= 0.6 is 0 Å². The first kappa shape index (κ1) is 18.2. The summed E-state index contributed by atoms with van der Waals surface area (Å²) in [7, 11) is 0. The van der Waals surface area contributed by atoms with E-state index in [0.29, 0.717) is 0 Å². The van der Waals surface area contributed by atoms with Crippen LogP contribution in [-0.2, 0) is 0 Å². The Labute approximate surface area is 156 Å². The lowest BCUT2D eigenvalue weighted by Crippen LogP contribution is -2.00. The second kappa shape index (κ2) is 9.79. The van der Waals surface area contributed by atoms with Gasteiger partial charge in [0.25, 0.3) is 0 Å². The average Bonchev–Trinajstić information content (AvgIpc) is 2.72. The normalized spacial score (nSPS) is 10.7. The van der Waals surface area contributed by atoms with E-state index in [2.05, 4.69) is 72.8 Å². The second-order valence-corrected chi connectivity index (χ2v) is 6.52. The van der Waals surface area contributed by atoms with Gasteiger partial charge in [-0.2, -0.15) is 0 Å². The Bertz CT molecular complexity index is 764. The Morgan fingerprint density at radius 1 is 0.538 bits per heavy atom. The van der Waals surface area contributed by atoms with E-state index in [0.717, 1.165) is 31.7 Å². The predicted octanol–water partition coefficient (Wildman–Crippen LogP) is 5.92. The van der Waals surface area contributed by atoms with Crippen LogP contribution in [0.1, 0.15) is 25.7 Å². The minimum atomic E-state index is 0.774. The van der Waals surface area contributed by atoms with Crippen molar-refractivity contribution in [2.75, 3.05) is 13.2 Å². The van der Waals surface area contributed by atoms with Crippen LogP contribution in [0.5, 0.6) is 5.75 Å². The molecule has 0 heterocycles. The van der Waals surface area contributed by atoms with E-state index < -0.39 is 0 Å². The number of rotatable bonds is 9. The molecule has 0 amide bonds. The lowest BCUT2D eigenvalue weighted by molar-refractivity contribution is 0.305. The molecule has 3 aromatic rings. The molecule has 2 nitrogen and oxygen atoms in total. The van der Waals surface area contributed by atoms with Crippen molar-refractivity contribution in [2.45, 2.75) is 25.7 Å². The van der Waals surface area contributed by atoms with Crippen molar-refractivity contribution < 1.29 is 4.74 Å². The third-order valence-corrected chi connectivity index (χ3v) is 4.55. The van der Waals surface area contributed by atoms with Crippen LogP contribution in [0.2, 0.25) is 0 Å². The largest absolute Gasteiger partial charge is 0.494 e. The molecule has 0 bridgehead atoms. The Morgan fingerprint density at radius 3 is 1.62 bits per heavy atom. The van der Waals surface area contributed by atoms with Crippen molar-refractivity contribution in [3.63, 3.8) is 0 Å². The van der Waals surface area contributed by atoms with Crippen molar-refractivity contribution in [2.24, 2.45) is 5.73 Å². The summed E-state index contributed by atoms with van der Waals surface area (Å²) >= 11 is 0. The summed E-state index contributed by atoms with van der Waals surface area (Å²) in [5.74, 6) is 0.938. The summed E-state index contributed by atoms with van der Waals surface area (Å²) in [6.45, 7) is 1.56. The molecule has 3 rings (SSSR count). The maximum Gasteiger partial charge on any atom is 0.119 e. The van der Waals surface area contributed by atoms with Crippen LogP contribution in [0.15, 0.2) is 78.9 Å². The molecule has 134 valence electrons. The predicted molar refractivity (Wildman–Crippen MR) is 110 cm³/mol. The standard InChI is InChI=1S/C24H27NO/c25-18-6-1-2-7-19-26-24-16-14-23(15-17-24)22-12-10-21(11-13-22)20-8-4-3-5-9-20/h3-5,8-17H,1-2,6-7,18-19,25H2. The topological polar surface area (TPSA) is 35.2 Å². The van der Waals surface area contributed by atoms with E-state index in [1.165, 1.54) is 35.1 Å². The molecule has 0 unspecified atom stereocenters. The summed E-state index contributed by atoms with van der Waals surface area (Å²) < 4.78 is 5.82. The van der Waals surface area contributed by atoms with E-state index in [1.54, 1.807) is 0 Å². The van der Waals surface area contributed by atoms with Crippen molar-refractivity contribution in [1.29, 1.82) is 0 Å². The van der Waals surface area contributed by atoms with E-state index >= 15 is 0 Å². The molecule has 0 aliphatic heterocycles. The van der Waals surface area contributed by atoms with Gasteiger partial charge >= 0.3 is 0 Å². The third-order valence-electron chi connectivity index (χ3n) is 4.55. The average molecular weight is 345 g/mol. The molecule has 2 N–H and O–H groups in total. The molecule has 0 saturated carbocycles. The first-order valence-electron chi connectivity index (χ1n) is 9.45. The summed E-state index contributed by atoms with van der Waals surface area (Å²) in [6.07, 6.45) is 4.57. The Kier molecular flexibility index (Phi) is 6.86. The zero-order valence-electron chi connectivity index (χ0n) is 15.2. The van der Waals surface area contributed by atoms with Gasteiger partial charge in [-0.05, 0) is 53.8 Å². The summed E-state index contributed by atoms with van der Waals surface area (Å²) in [5, 5.41) is 0. The van der Waals surface area contributed by atoms with Gasteiger partial charge in [0.2, 0.25) is 0 Å². The van der Waals surface area contributed by atoms with E-state index in [4.69, 9.17) is 10.5 Å². The molecular formula is C24H27NO. The van der Waals surface area contributed by atoms with Crippen molar-refractivity contribution in [1.82, 2.24) is 0 Å². The fourth-order valence-corrected chi connectivity index (χ4v) is 3.02. The van der Waals surface area contributed by atoms with Crippen LogP contribution in [-0.4, -0.2) is 13.2 Å². The molecule has 0 spiro atoms. The first-order chi connectivity index (χ1) is 12.9. The molecule has 0 aliphatic rings.